The summed E-state index contributed by atoms with van der Waals surface area (Å²) < 4.78 is 7.45. The Morgan fingerprint density at radius 2 is 1.96 bits per heavy atom. The van der Waals surface area contributed by atoms with Gasteiger partial charge in [-0.25, -0.2) is 9.67 Å². The highest BCUT2D eigenvalue weighted by Crippen LogP contribution is 2.30. The molecule has 2 atom stereocenters. The Balaban J connectivity index is 2.19. The zero-order valence-electron chi connectivity index (χ0n) is 13.7. The van der Waals surface area contributed by atoms with E-state index in [4.69, 9.17) is 4.74 Å². The molecule has 2 rings (SSSR count). The van der Waals surface area contributed by atoms with Crippen LogP contribution in [0, 0.1) is 5.41 Å². The van der Waals surface area contributed by atoms with E-state index in [1.807, 2.05) is 32.9 Å². The Morgan fingerprint density at radius 3 is 2.48 bits per heavy atom. The van der Waals surface area contributed by atoms with Crippen molar-refractivity contribution in [2.24, 2.45) is 10.6 Å². The molecule has 124 valence electrons. The van der Waals surface area contributed by atoms with Crippen LogP contribution in [0.1, 0.15) is 32.6 Å². The van der Waals surface area contributed by atoms with E-state index in [-0.39, 0.29) is 5.41 Å². The first-order chi connectivity index (χ1) is 10.9. The molecule has 7 nitrogen and oxygen atoms in total. The quantitative estimate of drug-likeness (QED) is 0.652. The molecule has 0 saturated heterocycles. The van der Waals surface area contributed by atoms with E-state index in [1.54, 1.807) is 18.3 Å². The number of hydrogen-bond donors (Lipinski definition) is 1. The summed E-state index contributed by atoms with van der Waals surface area (Å²) in [6.07, 6.45) is 3.10. The number of aliphatic hydroxyl groups is 1. The Labute approximate surface area is 135 Å². The molecular weight excluding hydrogens is 296 g/mol. The van der Waals surface area contributed by atoms with Crippen LogP contribution in [0.4, 0.5) is 0 Å². The minimum Gasteiger partial charge on any atom is -0.466 e. The molecule has 7 heteroatoms. The highest BCUT2D eigenvalue weighted by Gasteiger charge is 2.34. The molecule has 0 saturated carbocycles. The molecule has 0 fully saturated rings. The van der Waals surface area contributed by atoms with Gasteiger partial charge in [0.25, 0.3) is 0 Å². The predicted octanol–water partition coefficient (Wildman–Crippen LogP) is 2.24. The lowest BCUT2D eigenvalue weighted by atomic mass is 9.88. The van der Waals surface area contributed by atoms with E-state index in [9.17, 15) is 5.11 Å². The fraction of sp³-hybridized carbons (Fsp3) is 0.438. The van der Waals surface area contributed by atoms with Gasteiger partial charge in [0.05, 0.1) is 6.21 Å². The standard InChI is InChI=1S/C16H22N4O3/c1-16(2,3)14(21)15(20-11-17-10-18-20)23-13-7-5-12(6-8-13)9-19-22-4/h5-11,14-15,21H,1-4H3. The minimum atomic E-state index is -0.765. The fourth-order valence-electron chi connectivity index (χ4n) is 1.93. The highest BCUT2D eigenvalue weighted by molar-refractivity contribution is 5.79. The van der Waals surface area contributed by atoms with Crippen molar-refractivity contribution in [2.75, 3.05) is 7.11 Å². The summed E-state index contributed by atoms with van der Waals surface area (Å²) >= 11 is 0. The normalized spacial score (nSPS) is 14.7. The molecule has 0 aliphatic rings. The molecule has 2 unspecified atom stereocenters. The van der Waals surface area contributed by atoms with Crippen LogP contribution in [0.2, 0.25) is 0 Å². The first-order valence-electron chi connectivity index (χ1n) is 7.27. The molecule has 0 radical (unpaired) electrons. The van der Waals surface area contributed by atoms with Crippen LogP contribution in [0.15, 0.2) is 42.1 Å². The number of aromatic nitrogens is 3. The topological polar surface area (TPSA) is 81.8 Å². The molecule has 0 bridgehead atoms. The SMILES string of the molecule is CON=Cc1ccc(OC(C(O)C(C)(C)C)n2cncn2)cc1. The highest BCUT2D eigenvalue weighted by atomic mass is 16.6. The number of rotatable bonds is 6. The van der Waals surface area contributed by atoms with Gasteiger partial charge < -0.3 is 14.7 Å². The summed E-state index contributed by atoms with van der Waals surface area (Å²) in [6.45, 7) is 5.82. The molecule has 1 aromatic heterocycles. The van der Waals surface area contributed by atoms with Gasteiger partial charge in [0, 0.05) is 0 Å². The molecule has 1 heterocycles. The van der Waals surface area contributed by atoms with Crippen molar-refractivity contribution in [3.8, 4) is 5.75 Å². The summed E-state index contributed by atoms with van der Waals surface area (Å²) in [5, 5.41) is 18.4. The van der Waals surface area contributed by atoms with E-state index in [0.717, 1.165) is 5.56 Å². The van der Waals surface area contributed by atoms with Crippen molar-refractivity contribution in [3.63, 3.8) is 0 Å². The summed E-state index contributed by atoms with van der Waals surface area (Å²) in [7, 11) is 1.49. The maximum atomic E-state index is 10.6. The van der Waals surface area contributed by atoms with Crippen LogP contribution in [0.25, 0.3) is 0 Å². The Kier molecular flexibility index (Phi) is 5.33. The third-order valence-electron chi connectivity index (χ3n) is 3.30. The zero-order valence-corrected chi connectivity index (χ0v) is 13.7. The second kappa shape index (κ2) is 7.23. The van der Waals surface area contributed by atoms with Crippen LogP contribution >= 0.6 is 0 Å². The van der Waals surface area contributed by atoms with Gasteiger partial charge in [-0.2, -0.15) is 5.10 Å². The molecule has 0 aliphatic carbocycles. The Hall–Kier alpha value is -2.41. The van der Waals surface area contributed by atoms with Gasteiger partial charge in [-0.3, -0.25) is 0 Å². The monoisotopic (exact) mass is 318 g/mol. The van der Waals surface area contributed by atoms with Crippen molar-refractivity contribution < 1.29 is 14.7 Å². The predicted molar refractivity (Wildman–Crippen MR) is 86.2 cm³/mol. The number of oxime groups is 1. The molecule has 0 aliphatic heterocycles. The van der Waals surface area contributed by atoms with Crippen LogP contribution in [-0.2, 0) is 4.84 Å². The van der Waals surface area contributed by atoms with Gasteiger partial charge >= 0.3 is 0 Å². The van der Waals surface area contributed by atoms with E-state index in [1.165, 1.54) is 24.4 Å². The smallest absolute Gasteiger partial charge is 0.219 e. The van der Waals surface area contributed by atoms with Crippen molar-refractivity contribution in [1.29, 1.82) is 0 Å². The molecule has 2 aromatic rings. The lowest BCUT2D eigenvalue weighted by Crippen LogP contribution is -2.38. The summed E-state index contributed by atoms with van der Waals surface area (Å²) in [4.78, 5) is 8.57. The van der Waals surface area contributed by atoms with E-state index in [0.29, 0.717) is 5.75 Å². The van der Waals surface area contributed by atoms with Crippen molar-refractivity contribution in [1.82, 2.24) is 14.8 Å². The van der Waals surface area contributed by atoms with Crippen molar-refractivity contribution >= 4 is 6.21 Å². The fourth-order valence-corrected chi connectivity index (χ4v) is 1.93. The third-order valence-corrected chi connectivity index (χ3v) is 3.30. The van der Waals surface area contributed by atoms with Gasteiger partial charge in [0.1, 0.15) is 31.6 Å². The minimum absolute atomic E-state index is 0.373. The Bertz CT molecular complexity index is 618. The molecule has 23 heavy (non-hydrogen) atoms. The van der Waals surface area contributed by atoms with E-state index < -0.39 is 12.3 Å². The maximum Gasteiger partial charge on any atom is 0.219 e. The molecule has 1 aromatic carbocycles. The average Bonchev–Trinajstić information content (AvgIpc) is 3.04. The second-order valence-electron chi connectivity index (χ2n) is 6.18. The molecular formula is C16H22N4O3. The summed E-state index contributed by atoms with van der Waals surface area (Å²) in [5.41, 5.74) is 0.509. The Morgan fingerprint density at radius 1 is 1.26 bits per heavy atom. The first kappa shape index (κ1) is 17.0. The molecule has 0 amide bonds. The second-order valence-corrected chi connectivity index (χ2v) is 6.18. The zero-order chi connectivity index (χ0) is 16.9. The van der Waals surface area contributed by atoms with Gasteiger partial charge in [0.2, 0.25) is 6.23 Å². The summed E-state index contributed by atoms with van der Waals surface area (Å²) in [5.74, 6) is 0.614. The van der Waals surface area contributed by atoms with E-state index in [2.05, 4.69) is 20.1 Å². The number of hydrogen-bond acceptors (Lipinski definition) is 6. The van der Waals surface area contributed by atoms with Gasteiger partial charge in [0.15, 0.2) is 0 Å². The summed E-state index contributed by atoms with van der Waals surface area (Å²) in [6, 6.07) is 7.30. The number of aliphatic hydroxyl groups excluding tert-OH is 1. The lowest BCUT2D eigenvalue weighted by molar-refractivity contribution is -0.0731. The van der Waals surface area contributed by atoms with Crippen molar-refractivity contribution in [2.45, 2.75) is 33.1 Å². The van der Waals surface area contributed by atoms with Crippen LogP contribution in [0.3, 0.4) is 0 Å². The van der Waals surface area contributed by atoms with Crippen molar-refractivity contribution in [3.05, 3.63) is 42.5 Å². The van der Waals surface area contributed by atoms with Gasteiger partial charge in [-0.05, 0) is 35.2 Å². The number of benzene rings is 1. The van der Waals surface area contributed by atoms with E-state index >= 15 is 0 Å². The maximum absolute atomic E-state index is 10.6. The van der Waals surface area contributed by atoms with Crippen LogP contribution in [0.5, 0.6) is 5.75 Å². The third kappa shape index (κ3) is 4.53. The largest absolute Gasteiger partial charge is 0.466 e. The van der Waals surface area contributed by atoms with Gasteiger partial charge in [-0.1, -0.05) is 25.9 Å². The lowest BCUT2D eigenvalue weighted by Gasteiger charge is -2.32. The van der Waals surface area contributed by atoms with Gasteiger partial charge in [-0.15, -0.1) is 0 Å². The number of nitrogens with zero attached hydrogens (tertiary/aromatic N) is 4. The first-order valence-corrected chi connectivity index (χ1v) is 7.27. The van der Waals surface area contributed by atoms with Crippen LogP contribution in [-0.4, -0.2) is 39.3 Å². The average molecular weight is 318 g/mol. The molecule has 0 spiro atoms. The molecule has 1 N–H and O–H groups in total. The number of ether oxygens (including phenoxy) is 1. The van der Waals surface area contributed by atoms with Crippen LogP contribution < -0.4 is 4.74 Å².